The van der Waals surface area contributed by atoms with Gasteiger partial charge in [0.15, 0.2) is 5.11 Å². The number of thiocarbonyl (C=S) groups is 1. The molecule has 0 aliphatic carbocycles. The summed E-state index contributed by atoms with van der Waals surface area (Å²) < 4.78 is 23.3. The lowest BCUT2D eigenvalue weighted by atomic mass is 10.2. The number of nitrogens with two attached hydrogens (primary N) is 1. The van der Waals surface area contributed by atoms with Gasteiger partial charge in [-0.25, -0.2) is 13.6 Å². The summed E-state index contributed by atoms with van der Waals surface area (Å²) in [5.41, 5.74) is 1.76. The van der Waals surface area contributed by atoms with Gasteiger partial charge in [-0.2, -0.15) is 0 Å². The molecule has 2 aromatic carbocycles. The van der Waals surface area contributed by atoms with E-state index in [-0.39, 0.29) is 4.90 Å². The molecule has 0 spiro atoms. The molecule has 8 heteroatoms. The molecule has 0 aliphatic heterocycles. The Hall–Kier alpha value is -1.48. The summed E-state index contributed by atoms with van der Waals surface area (Å²) in [5.74, 6) is 0. The van der Waals surface area contributed by atoms with Gasteiger partial charge < -0.3 is 10.6 Å². The second kappa shape index (κ2) is 7.19. The van der Waals surface area contributed by atoms with Crippen LogP contribution < -0.4 is 15.8 Å². The predicted molar refractivity (Wildman–Crippen MR) is 95.0 cm³/mol. The number of anilines is 1. The Bertz CT molecular complexity index is 777. The van der Waals surface area contributed by atoms with E-state index in [1.165, 1.54) is 12.1 Å². The molecule has 0 amide bonds. The molecule has 0 saturated heterocycles. The van der Waals surface area contributed by atoms with Gasteiger partial charge in [-0.05, 0) is 48.1 Å². The van der Waals surface area contributed by atoms with Gasteiger partial charge >= 0.3 is 0 Å². The second-order valence-electron chi connectivity index (χ2n) is 4.47. The molecule has 2 aromatic rings. The maximum absolute atomic E-state index is 11.2. The summed E-state index contributed by atoms with van der Waals surface area (Å²) in [6.07, 6.45) is 0. The first-order chi connectivity index (χ1) is 10.4. The quantitative estimate of drug-likeness (QED) is 0.688. The van der Waals surface area contributed by atoms with E-state index in [9.17, 15) is 8.42 Å². The maximum Gasteiger partial charge on any atom is 0.238 e. The van der Waals surface area contributed by atoms with Crippen LogP contribution in [0.2, 0.25) is 0 Å². The topological polar surface area (TPSA) is 84.2 Å². The van der Waals surface area contributed by atoms with E-state index >= 15 is 0 Å². The van der Waals surface area contributed by atoms with E-state index in [4.69, 9.17) is 17.4 Å². The minimum Gasteiger partial charge on any atom is -0.358 e. The third-order valence-corrected chi connectivity index (χ3v) is 4.79. The van der Waals surface area contributed by atoms with E-state index < -0.39 is 10.0 Å². The fourth-order valence-electron chi connectivity index (χ4n) is 1.72. The van der Waals surface area contributed by atoms with Gasteiger partial charge in [0, 0.05) is 16.7 Å². The van der Waals surface area contributed by atoms with E-state index in [1.54, 1.807) is 12.1 Å². The summed E-state index contributed by atoms with van der Waals surface area (Å²) in [4.78, 5) is 0.0603. The zero-order valence-corrected chi connectivity index (χ0v) is 14.6. The Labute approximate surface area is 143 Å². The number of hydrogen-bond acceptors (Lipinski definition) is 3. The predicted octanol–water partition coefficient (Wildman–Crippen LogP) is 2.58. The summed E-state index contributed by atoms with van der Waals surface area (Å²) in [5, 5.41) is 11.5. The number of benzene rings is 2. The number of nitrogens with one attached hydrogen (secondary N) is 2. The molecule has 0 unspecified atom stereocenters. The van der Waals surface area contributed by atoms with Crippen LogP contribution in [0.25, 0.3) is 0 Å². The molecule has 0 aliphatic rings. The summed E-state index contributed by atoms with van der Waals surface area (Å²) in [6, 6.07) is 13.9. The van der Waals surface area contributed by atoms with Gasteiger partial charge in [-0.1, -0.05) is 34.1 Å². The number of halogens is 1. The van der Waals surface area contributed by atoms with Crippen molar-refractivity contribution in [3.8, 4) is 0 Å². The lowest BCUT2D eigenvalue weighted by molar-refractivity contribution is 0.598. The molecule has 5 nitrogen and oxygen atoms in total. The van der Waals surface area contributed by atoms with Crippen LogP contribution in [0.15, 0.2) is 57.9 Å². The van der Waals surface area contributed by atoms with Crippen LogP contribution in [0.1, 0.15) is 5.56 Å². The van der Waals surface area contributed by atoms with Crippen LogP contribution >= 0.6 is 28.1 Å². The summed E-state index contributed by atoms with van der Waals surface area (Å²) >= 11 is 8.67. The average Bonchev–Trinajstić information content (AvgIpc) is 2.46. The van der Waals surface area contributed by atoms with Crippen LogP contribution in [0, 0.1) is 0 Å². The minimum absolute atomic E-state index is 0.0603. The van der Waals surface area contributed by atoms with Crippen LogP contribution in [0.4, 0.5) is 5.69 Å². The Kier molecular flexibility index (Phi) is 5.52. The first kappa shape index (κ1) is 16.9. The molecule has 0 saturated carbocycles. The van der Waals surface area contributed by atoms with Gasteiger partial charge in [-0.3, -0.25) is 0 Å². The minimum atomic E-state index is -3.68. The van der Waals surface area contributed by atoms with Gasteiger partial charge in [0.1, 0.15) is 0 Å². The summed E-state index contributed by atoms with van der Waals surface area (Å²) in [6.45, 7) is 0.572. The molecule has 0 heterocycles. The van der Waals surface area contributed by atoms with Crippen molar-refractivity contribution >= 4 is 49.0 Å². The fraction of sp³-hybridized carbons (Fsp3) is 0.0714. The molecule has 0 radical (unpaired) electrons. The third-order valence-electron chi connectivity index (χ3n) is 2.84. The number of primary sulfonamides is 1. The lowest BCUT2D eigenvalue weighted by Gasteiger charge is -2.11. The Morgan fingerprint density at radius 3 is 2.36 bits per heavy atom. The molecule has 2 rings (SSSR count). The van der Waals surface area contributed by atoms with Gasteiger partial charge in [0.2, 0.25) is 10.0 Å². The highest BCUT2D eigenvalue weighted by Gasteiger charge is 2.07. The van der Waals surface area contributed by atoms with Crippen molar-refractivity contribution in [2.75, 3.05) is 5.32 Å². The Balaban J connectivity index is 1.94. The van der Waals surface area contributed by atoms with Crippen molar-refractivity contribution in [2.24, 2.45) is 5.14 Å². The molecule has 0 fully saturated rings. The highest BCUT2D eigenvalue weighted by molar-refractivity contribution is 9.10. The third kappa shape index (κ3) is 4.77. The molecule has 0 atom stereocenters. The van der Waals surface area contributed by atoms with Crippen molar-refractivity contribution in [1.82, 2.24) is 5.32 Å². The van der Waals surface area contributed by atoms with Crippen LogP contribution in [0.5, 0.6) is 0 Å². The molecule has 0 bridgehead atoms. The van der Waals surface area contributed by atoms with E-state index in [2.05, 4.69) is 26.6 Å². The highest BCUT2D eigenvalue weighted by Crippen LogP contribution is 2.16. The standard InChI is InChI=1S/C14H14BrN3O2S2/c15-13-4-2-1-3-10(13)9-17-14(21)18-11-5-7-12(8-6-11)22(16,19)20/h1-8H,9H2,(H2,16,19,20)(H2,17,18,21). The van der Waals surface area contributed by atoms with E-state index in [0.717, 1.165) is 10.0 Å². The molecular weight excluding hydrogens is 386 g/mol. The maximum atomic E-state index is 11.2. The monoisotopic (exact) mass is 399 g/mol. The largest absolute Gasteiger partial charge is 0.358 e. The van der Waals surface area contributed by atoms with Crippen molar-refractivity contribution in [2.45, 2.75) is 11.4 Å². The Morgan fingerprint density at radius 2 is 1.77 bits per heavy atom. The van der Waals surface area contributed by atoms with Crippen molar-refractivity contribution in [3.05, 3.63) is 58.6 Å². The highest BCUT2D eigenvalue weighted by atomic mass is 79.9. The summed E-state index contributed by atoms with van der Waals surface area (Å²) in [7, 11) is -3.68. The van der Waals surface area contributed by atoms with Crippen molar-refractivity contribution < 1.29 is 8.42 Å². The first-order valence-corrected chi connectivity index (χ1v) is 9.02. The number of sulfonamides is 1. The smallest absolute Gasteiger partial charge is 0.238 e. The molecule has 4 N–H and O–H groups in total. The second-order valence-corrected chi connectivity index (χ2v) is 7.29. The van der Waals surface area contributed by atoms with Gasteiger partial charge in [0.25, 0.3) is 0 Å². The zero-order valence-electron chi connectivity index (χ0n) is 11.4. The lowest BCUT2D eigenvalue weighted by Crippen LogP contribution is -2.28. The number of rotatable bonds is 4. The van der Waals surface area contributed by atoms with Crippen LogP contribution in [-0.4, -0.2) is 13.5 Å². The first-order valence-electron chi connectivity index (χ1n) is 6.27. The van der Waals surface area contributed by atoms with Crippen molar-refractivity contribution in [3.63, 3.8) is 0 Å². The molecule has 22 heavy (non-hydrogen) atoms. The van der Waals surface area contributed by atoms with Gasteiger partial charge in [0.05, 0.1) is 4.90 Å². The molecular formula is C14H14BrN3O2S2. The fourth-order valence-corrected chi connectivity index (χ4v) is 2.85. The molecule has 0 aromatic heterocycles. The van der Waals surface area contributed by atoms with Crippen molar-refractivity contribution in [1.29, 1.82) is 0 Å². The van der Waals surface area contributed by atoms with E-state index in [1.807, 2.05) is 24.3 Å². The average molecular weight is 400 g/mol. The number of hydrogen-bond donors (Lipinski definition) is 3. The SMILES string of the molecule is NS(=O)(=O)c1ccc(NC(=S)NCc2ccccc2Br)cc1. The zero-order chi connectivity index (χ0) is 16.2. The van der Waals surface area contributed by atoms with Crippen LogP contribution in [0.3, 0.4) is 0 Å². The molecule has 116 valence electrons. The van der Waals surface area contributed by atoms with Gasteiger partial charge in [-0.15, -0.1) is 0 Å². The normalized spacial score (nSPS) is 11.0. The van der Waals surface area contributed by atoms with E-state index in [0.29, 0.717) is 17.3 Å². The Morgan fingerprint density at radius 1 is 1.14 bits per heavy atom. The van der Waals surface area contributed by atoms with Crippen LogP contribution in [-0.2, 0) is 16.6 Å².